The minimum absolute atomic E-state index is 0.679. The molecule has 21 atom stereocenters. The van der Waals surface area contributed by atoms with Gasteiger partial charge in [0.25, 0.3) is 0 Å². The number of ether oxygens (including phenoxy) is 15. The van der Waals surface area contributed by atoms with E-state index in [0.29, 0.717) is 0 Å². The van der Waals surface area contributed by atoms with Crippen molar-refractivity contribution in [1.82, 2.24) is 31.9 Å². The van der Waals surface area contributed by atoms with E-state index in [4.69, 9.17) is 76.8 Å². The summed E-state index contributed by atoms with van der Waals surface area (Å²) in [5.74, 6) is -16.8. The Kier molecular flexibility index (Phi) is 31.7. The smallest absolute Gasteiger partial charge is 0.322 e. The first-order valence-electron chi connectivity index (χ1n) is 29.2. The first-order chi connectivity index (χ1) is 44.2. The zero-order chi connectivity index (χ0) is 72.0. The summed E-state index contributed by atoms with van der Waals surface area (Å²) in [5.41, 5.74) is 6.57. The summed E-state index contributed by atoms with van der Waals surface area (Å²) in [5, 5.41) is 23.8. The number of carboxylic acids is 1. The van der Waals surface area contributed by atoms with Gasteiger partial charge in [0.1, 0.15) is 80.9 Å². The third kappa shape index (κ3) is 25.8. The summed E-state index contributed by atoms with van der Waals surface area (Å²) in [7, 11) is 0. The summed E-state index contributed by atoms with van der Waals surface area (Å²) in [6, 6.07) is -11.4. The zero-order valence-corrected chi connectivity index (χ0v) is 54.6. The Morgan fingerprint density at radius 2 is 0.642 bits per heavy atom. The normalized spacial score (nSPS) is 27.3. The number of carbonyl (C=O) groups excluding carboxylic acids is 15. The molecule has 534 valence electrons. The molecule has 6 amide bonds. The van der Waals surface area contributed by atoms with Gasteiger partial charge in [-0.25, -0.2) is 0 Å². The average Bonchev–Trinajstić information content (AvgIpc) is 0.798. The molecule has 0 aromatic rings. The molecular formula is C56H83N7O32. The van der Waals surface area contributed by atoms with Crippen LogP contribution in [-0.2, 0) is 148 Å². The fourth-order valence-electron chi connectivity index (χ4n) is 9.87. The van der Waals surface area contributed by atoms with Crippen LogP contribution < -0.4 is 37.6 Å². The number of aliphatic carboxylic acids is 1. The molecule has 0 radical (unpaired) electrons. The Morgan fingerprint density at radius 1 is 0.379 bits per heavy atom. The standard InChI is InChI=1S/C56H83N7O32/c1-20(84-54-42(59-23(4)64)48(90-32(13)73)45(87-29(10)70)35(93-54)17-81-26(7)67)39(57)51(78)62-41(22(3)86-56-44(61-25(6)66)50(92-34(15)75)47(89-31(12)72)37(95-56)19-83-28(9)69)53(80)63-40(52(79)58-16-38(76)77)21(2)85-55-43(60-24(5)65)49(91-33(14)74)46(88-30(11)71)36(94-55)18-82-27(8)68/h20-22,35-37,39-50,54-56H,16-19,57H2,1-15H3,(H,58,79)(H,59,64)(H,60,65)(H,61,66)(H,62,78)(H,63,80)(H,76,77)/t20-,21-,22-,35-,36-,37-,39+,40+,41+,42-,43-,44-,45+,46+,47+,48-,49-,50-,54+,55+,56+/m1/s1. The number of hydrogen-bond donors (Lipinski definition) is 8. The van der Waals surface area contributed by atoms with Gasteiger partial charge < -0.3 is 114 Å². The third-order valence-corrected chi connectivity index (χ3v) is 13.6. The number of carbonyl (C=O) groups is 16. The van der Waals surface area contributed by atoms with Gasteiger partial charge in [0, 0.05) is 83.1 Å². The molecule has 3 heterocycles. The molecule has 0 aliphatic carbocycles. The van der Waals surface area contributed by atoms with Gasteiger partial charge in [-0.15, -0.1) is 0 Å². The fourth-order valence-corrected chi connectivity index (χ4v) is 9.87. The van der Waals surface area contributed by atoms with Gasteiger partial charge in [-0.05, 0) is 20.8 Å². The summed E-state index contributed by atoms with van der Waals surface area (Å²) in [6.07, 6.45) is -25.9. The monoisotopic (exact) mass is 1370 g/mol. The van der Waals surface area contributed by atoms with Crippen LogP contribution in [0.3, 0.4) is 0 Å². The van der Waals surface area contributed by atoms with E-state index in [1.165, 1.54) is 6.92 Å². The topological polar surface area (TPSA) is 530 Å². The van der Waals surface area contributed by atoms with Crippen LogP contribution in [0.15, 0.2) is 0 Å². The van der Waals surface area contributed by atoms with Crippen molar-refractivity contribution in [2.75, 3.05) is 26.4 Å². The van der Waals surface area contributed by atoms with Crippen molar-refractivity contribution in [2.24, 2.45) is 5.73 Å². The molecule has 95 heavy (non-hydrogen) atoms. The third-order valence-electron chi connectivity index (χ3n) is 13.6. The highest BCUT2D eigenvalue weighted by Gasteiger charge is 2.56. The highest BCUT2D eigenvalue weighted by Crippen LogP contribution is 2.33. The van der Waals surface area contributed by atoms with E-state index in [1.807, 2.05) is 0 Å². The lowest BCUT2D eigenvalue weighted by molar-refractivity contribution is -0.288. The van der Waals surface area contributed by atoms with Gasteiger partial charge in [-0.2, -0.15) is 0 Å². The SMILES string of the molecule is CC(=O)N[C@H]1[C@@H](O[C@H](C)[C@H](N)C(=O)N[C@H](C(=O)N[C@H](C(=O)NCC(=O)O)[C@@H](C)O[C@H]2O[C@H](COC(C)=O)[C@H](OC(C)=O)[C@H](OC(C)=O)[C@H]2NC(C)=O)[C@@H](C)O[C@H]2O[C@H](COC(C)=O)[C@H](OC(C)=O)[C@H](OC(C)=O)[C@H]2NC(C)=O)O[C@H](COC(C)=O)[C@H](OC(C)=O)[C@@H]1OC(C)=O. The Balaban J connectivity index is 2.33. The van der Waals surface area contributed by atoms with Crippen LogP contribution in [0, 0.1) is 0 Å². The second kappa shape index (κ2) is 37.4. The van der Waals surface area contributed by atoms with Gasteiger partial charge in [-0.1, -0.05) is 0 Å². The molecule has 9 N–H and O–H groups in total. The molecule has 3 aliphatic heterocycles. The Bertz CT molecular complexity index is 2820. The predicted octanol–water partition coefficient (Wildman–Crippen LogP) is -5.33. The molecule has 0 bridgehead atoms. The molecule has 0 aromatic heterocycles. The predicted molar refractivity (Wildman–Crippen MR) is 306 cm³/mol. The lowest BCUT2D eigenvalue weighted by atomic mass is 9.95. The first-order valence-corrected chi connectivity index (χ1v) is 29.2. The summed E-state index contributed by atoms with van der Waals surface area (Å²) in [6.45, 7) is 12.0. The van der Waals surface area contributed by atoms with Gasteiger partial charge in [-0.3, -0.25) is 76.7 Å². The summed E-state index contributed by atoms with van der Waals surface area (Å²) in [4.78, 5) is 207. The second-order valence-corrected chi connectivity index (χ2v) is 21.8. The molecule has 3 fully saturated rings. The second-order valence-electron chi connectivity index (χ2n) is 21.8. The molecule has 0 saturated carbocycles. The van der Waals surface area contributed by atoms with E-state index < -0.39 is 250 Å². The summed E-state index contributed by atoms with van der Waals surface area (Å²) >= 11 is 0. The van der Waals surface area contributed by atoms with E-state index in [9.17, 15) is 77.0 Å². The lowest BCUT2D eigenvalue weighted by Crippen LogP contribution is -2.69. The average molecular weight is 1370 g/mol. The highest BCUT2D eigenvalue weighted by molar-refractivity contribution is 5.94. The van der Waals surface area contributed by atoms with Crippen LogP contribution in [0.1, 0.15) is 104 Å². The van der Waals surface area contributed by atoms with Crippen LogP contribution in [0.4, 0.5) is 0 Å². The molecule has 3 rings (SSSR count). The zero-order valence-electron chi connectivity index (χ0n) is 54.6. The molecule has 0 aromatic carbocycles. The van der Waals surface area contributed by atoms with Crippen molar-refractivity contribution < 1.29 is 153 Å². The maximum absolute atomic E-state index is 15.3. The van der Waals surface area contributed by atoms with Crippen molar-refractivity contribution in [3.63, 3.8) is 0 Å². The fraction of sp³-hybridized carbons (Fsp3) is 0.714. The number of amides is 6. The van der Waals surface area contributed by atoms with Crippen molar-refractivity contribution in [3.05, 3.63) is 0 Å². The largest absolute Gasteiger partial charge is 0.480 e. The Hall–Kier alpha value is -8.76. The van der Waals surface area contributed by atoms with Crippen molar-refractivity contribution in [2.45, 2.75) is 232 Å². The quantitative estimate of drug-likeness (QED) is 0.0237. The Labute approximate surface area is 543 Å². The van der Waals surface area contributed by atoms with Crippen molar-refractivity contribution >= 4 is 95.1 Å². The molecule has 0 spiro atoms. The number of nitrogens with two attached hydrogens (primary N) is 1. The molecule has 39 heteroatoms. The maximum atomic E-state index is 15.3. The maximum Gasteiger partial charge on any atom is 0.322 e. The highest BCUT2D eigenvalue weighted by atomic mass is 16.7. The van der Waals surface area contributed by atoms with Crippen LogP contribution >= 0.6 is 0 Å². The van der Waals surface area contributed by atoms with Gasteiger partial charge in [0.2, 0.25) is 35.4 Å². The summed E-state index contributed by atoms with van der Waals surface area (Å²) < 4.78 is 85.4. The Morgan fingerprint density at radius 3 is 0.905 bits per heavy atom. The number of rotatable bonds is 31. The van der Waals surface area contributed by atoms with Crippen LogP contribution in [-0.4, -0.2) is 255 Å². The van der Waals surface area contributed by atoms with Gasteiger partial charge in [0.15, 0.2) is 55.5 Å². The minimum atomic E-state index is -2.25. The lowest BCUT2D eigenvalue weighted by Gasteiger charge is -2.46. The van der Waals surface area contributed by atoms with Gasteiger partial charge >= 0.3 is 59.7 Å². The molecule has 0 unspecified atom stereocenters. The van der Waals surface area contributed by atoms with E-state index in [-0.39, 0.29) is 0 Å². The van der Waals surface area contributed by atoms with Crippen molar-refractivity contribution in [3.8, 4) is 0 Å². The van der Waals surface area contributed by atoms with Crippen LogP contribution in [0.25, 0.3) is 0 Å². The first kappa shape index (κ1) is 80.5. The number of esters is 9. The van der Waals surface area contributed by atoms with Crippen molar-refractivity contribution in [1.29, 1.82) is 0 Å². The van der Waals surface area contributed by atoms with Crippen LogP contribution in [0.2, 0.25) is 0 Å². The van der Waals surface area contributed by atoms with E-state index in [2.05, 4.69) is 31.9 Å². The van der Waals surface area contributed by atoms with E-state index >= 15 is 4.79 Å². The molecular weight excluding hydrogens is 1280 g/mol. The molecule has 3 saturated heterocycles. The van der Waals surface area contributed by atoms with E-state index in [1.54, 1.807) is 0 Å². The number of nitrogens with one attached hydrogen (secondary N) is 6. The number of hydrogen-bond acceptors (Lipinski definition) is 32. The molecule has 3 aliphatic rings. The van der Waals surface area contributed by atoms with Gasteiger partial charge in [0.05, 0.1) is 18.3 Å². The van der Waals surface area contributed by atoms with E-state index in [0.717, 1.165) is 96.9 Å². The molecule has 39 nitrogen and oxygen atoms in total. The number of carboxylic acid groups (broad SMARTS) is 1. The van der Waals surface area contributed by atoms with Crippen LogP contribution in [0.5, 0.6) is 0 Å². The minimum Gasteiger partial charge on any atom is -0.480 e.